The molecule has 0 saturated carbocycles. The number of aryl methyl sites for hydroxylation is 1. The van der Waals surface area contributed by atoms with Crippen LogP contribution in [0.2, 0.25) is 0 Å². The normalized spacial score (nSPS) is 21.2. The number of hydrogen-bond donors (Lipinski definition) is 0. The van der Waals surface area contributed by atoms with Crippen molar-refractivity contribution < 1.29 is 9.21 Å². The van der Waals surface area contributed by atoms with Gasteiger partial charge in [0.25, 0.3) is 0 Å². The van der Waals surface area contributed by atoms with Crippen LogP contribution in [-0.2, 0) is 11.8 Å². The summed E-state index contributed by atoms with van der Waals surface area (Å²) in [5.41, 5.74) is 0.932. The van der Waals surface area contributed by atoms with Crippen LogP contribution in [0.15, 0.2) is 21.9 Å². The first kappa shape index (κ1) is 17.1. The molecule has 0 spiro atoms. The van der Waals surface area contributed by atoms with Crippen molar-refractivity contribution in [3.8, 4) is 11.4 Å². The summed E-state index contributed by atoms with van der Waals surface area (Å²) in [6.07, 6.45) is 5.04. The first-order chi connectivity index (χ1) is 11.5. The van der Waals surface area contributed by atoms with Crippen molar-refractivity contribution in [3.05, 3.63) is 18.1 Å². The minimum absolute atomic E-state index is 0.184. The lowest BCUT2D eigenvalue weighted by molar-refractivity contribution is -0.134. The SMILES string of the molecule is Cc1occc1-c1nnc(SCC(=O)N2C(C)CCCC2C)n1C. The Morgan fingerprint density at radius 2 is 2.04 bits per heavy atom. The zero-order chi connectivity index (χ0) is 17.3. The third-order valence-corrected chi connectivity index (χ3v) is 5.75. The van der Waals surface area contributed by atoms with E-state index in [0.717, 1.165) is 35.1 Å². The van der Waals surface area contributed by atoms with Crippen LogP contribution in [0.25, 0.3) is 11.4 Å². The molecule has 2 atom stereocenters. The van der Waals surface area contributed by atoms with Gasteiger partial charge in [-0.3, -0.25) is 4.79 Å². The Morgan fingerprint density at radius 3 is 2.67 bits per heavy atom. The van der Waals surface area contributed by atoms with Crippen molar-refractivity contribution in [2.24, 2.45) is 7.05 Å². The van der Waals surface area contributed by atoms with E-state index in [1.54, 1.807) is 6.26 Å². The number of thioether (sulfide) groups is 1. The van der Waals surface area contributed by atoms with Crippen molar-refractivity contribution in [3.63, 3.8) is 0 Å². The maximum Gasteiger partial charge on any atom is 0.233 e. The summed E-state index contributed by atoms with van der Waals surface area (Å²) in [6.45, 7) is 6.18. The van der Waals surface area contributed by atoms with Gasteiger partial charge in [-0.15, -0.1) is 10.2 Å². The summed E-state index contributed by atoms with van der Waals surface area (Å²) in [7, 11) is 1.92. The van der Waals surface area contributed by atoms with Gasteiger partial charge in [0.05, 0.1) is 17.6 Å². The second-order valence-electron chi connectivity index (χ2n) is 6.47. The highest BCUT2D eigenvalue weighted by atomic mass is 32.2. The van der Waals surface area contributed by atoms with Crippen molar-refractivity contribution in [1.29, 1.82) is 0 Å². The molecule has 3 heterocycles. The highest BCUT2D eigenvalue weighted by Gasteiger charge is 2.29. The van der Waals surface area contributed by atoms with Gasteiger partial charge in [-0.2, -0.15) is 0 Å². The van der Waals surface area contributed by atoms with E-state index in [-0.39, 0.29) is 5.91 Å². The summed E-state index contributed by atoms with van der Waals surface area (Å²) in [5, 5.41) is 9.22. The molecule has 1 aliphatic rings. The lowest BCUT2D eigenvalue weighted by Crippen LogP contribution is -2.48. The lowest BCUT2D eigenvalue weighted by Gasteiger charge is -2.39. The molecule has 24 heavy (non-hydrogen) atoms. The number of amides is 1. The Morgan fingerprint density at radius 1 is 1.33 bits per heavy atom. The fourth-order valence-corrected chi connectivity index (χ4v) is 4.19. The van der Waals surface area contributed by atoms with Gasteiger partial charge in [-0.05, 0) is 46.1 Å². The predicted molar refractivity (Wildman–Crippen MR) is 93.8 cm³/mol. The smallest absolute Gasteiger partial charge is 0.233 e. The fourth-order valence-electron chi connectivity index (χ4n) is 3.41. The molecule has 1 amide bonds. The average Bonchev–Trinajstić information content (AvgIpc) is 3.11. The van der Waals surface area contributed by atoms with Gasteiger partial charge in [-0.1, -0.05) is 11.8 Å². The van der Waals surface area contributed by atoms with Crippen molar-refractivity contribution in [2.75, 3.05) is 5.75 Å². The van der Waals surface area contributed by atoms with Gasteiger partial charge in [0.2, 0.25) is 5.91 Å². The Bertz CT molecular complexity index is 714. The van der Waals surface area contributed by atoms with E-state index in [9.17, 15) is 4.79 Å². The summed E-state index contributed by atoms with van der Waals surface area (Å²) < 4.78 is 7.25. The molecule has 2 aromatic rings. The minimum Gasteiger partial charge on any atom is -0.469 e. The third kappa shape index (κ3) is 3.22. The molecule has 0 bridgehead atoms. The van der Waals surface area contributed by atoms with Crippen molar-refractivity contribution in [1.82, 2.24) is 19.7 Å². The molecule has 1 fully saturated rings. The molecule has 3 rings (SSSR count). The van der Waals surface area contributed by atoms with Crippen LogP contribution in [0.3, 0.4) is 0 Å². The average molecular weight is 348 g/mol. The van der Waals surface area contributed by atoms with Gasteiger partial charge in [0, 0.05) is 19.1 Å². The van der Waals surface area contributed by atoms with E-state index in [1.807, 2.05) is 29.5 Å². The van der Waals surface area contributed by atoms with E-state index < -0.39 is 0 Å². The summed E-state index contributed by atoms with van der Waals surface area (Å²) >= 11 is 1.44. The van der Waals surface area contributed by atoms with E-state index in [2.05, 4.69) is 24.0 Å². The Kier molecular flexibility index (Phi) is 4.99. The lowest BCUT2D eigenvalue weighted by atomic mass is 9.98. The van der Waals surface area contributed by atoms with Crippen LogP contribution in [0.5, 0.6) is 0 Å². The Hall–Kier alpha value is -1.76. The summed E-state index contributed by atoms with van der Waals surface area (Å²) in [5.74, 6) is 2.15. The summed E-state index contributed by atoms with van der Waals surface area (Å²) in [6, 6.07) is 2.53. The van der Waals surface area contributed by atoms with Gasteiger partial charge in [0.1, 0.15) is 5.76 Å². The topological polar surface area (TPSA) is 64.2 Å². The quantitative estimate of drug-likeness (QED) is 0.794. The molecule has 130 valence electrons. The van der Waals surface area contributed by atoms with Crippen LogP contribution in [0.1, 0.15) is 38.9 Å². The van der Waals surface area contributed by atoms with Crippen molar-refractivity contribution in [2.45, 2.75) is 57.3 Å². The second-order valence-corrected chi connectivity index (χ2v) is 7.42. The number of furan rings is 1. The molecule has 0 aliphatic carbocycles. The maximum absolute atomic E-state index is 12.6. The molecule has 7 heteroatoms. The van der Waals surface area contributed by atoms with E-state index in [0.29, 0.717) is 17.8 Å². The monoisotopic (exact) mass is 348 g/mol. The standard InChI is InChI=1S/C17H24N4O2S/c1-11-6-5-7-12(2)21(11)15(22)10-24-17-19-18-16(20(17)4)14-8-9-23-13(14)3/h8-9,11-12H,5-7,10H2,1-4H3. The number of carbonyl (C=O) groups is 1. The molecular formula is C17H24N4O2S. The van der Waals surface area contributed by atoms with E-state index in [1.165, 1.54) is 18.2 Å². The van der Waals surface area contributed by atoms with Gasteiger partial charge in [-0.25, -0.2) is 0 Å². The molecule has 1 saturated heterocycles. The van der Waals surface area contributed by atoms with Gasteiger partial charge >= 0.3 is 0 Å². The van der Waals surface area contributed by atoms with E-state index >= 15 is 0 Å². The number of rotatable bonds is 4. The Balaban J connectivity index is 1.68. The molecule has 2 unspecified atom stereocenters. The largest absolute Gasteiger partial charge is 0.469 e. The summed E-state index contributed by atoms with van der Waals surface area (Å²) in [4.78, 5) is 14.7. The zero-order valence-corrected chi connectivity index (χ0v) is 15.5. The zero-order valence-electron chi connectivity index (χ0n) is 14.7. The first-order valence-electron chi connectivity index (χ1n) is 8.37. The fraction of sp³-hybridized carbons (Fsp3) is 0.588. The predicted octanol–water partition coefficient (Wildman–Crippen LogP) is 3.27. The van der Waals surface area contributed by atoms with Crippen LogP contribution in [0, 0.1) is 6.92 Å². The number of hydrogen-bond acceptors (Lipinski definition) is 5. The molecule has 0 aromatic carbocycles. The van der Waals surface area contributed by atoms with E-state index in [4.69, 9.17) is 4.42 Å². The molecular weight excluding hydrogens is 324 g/mol. The molecule has 0 N–H and O–H groups in total. The van der Waals surface area contributed by atoms with Crippen molar-refractivity contribution >= 4 is 17.7 Å². The molecule has 2 aromatic heterocycles. The number of carbonyl (C=O) groups excluding carboxylic acids is 1. The first-order valence-corrected chi connectivity index (χ1v) is 9.35. The van der Waals surface area contributed by atoms with Gasteiger partial charge in [0.15, 0.2) is 11.0 Å². The molecule has 1 aliphatic heterocycles. The number of piperidine rings is 1. The highest BCUT2D eigenvalue weighted by molar-refractivity contribution is 7.99. The minimum atomic E-state index is 0.184. The van der Waals surface area contributed by atoms with Gasteiger partial charge < -0.3 is 13.9 Å². The Labute approximate surface area is 146 Å². The number of aromatic nitrogens is 3. The second kappa shape index (κ2) is 7.01. The molecule has 6 nitrogen and oxygen atoms in total. The highest BCUT2D eigenvalue weighted by Crippen LogP contribution is 2.27. The van der Waals surface area contributed by atoms with Crippen LogP contribution in [-0.4, -0.2) is 43.4 Å². The maximum atomic E-state index is 12.6. The number of likely N-dealkylation sites (tertiary alicyclic amines) is 1. The van der Waals surface area contributed by atoms with Crippen LogP contribution < -0.4 is 0 Å². The third-order valence-electron chi connectivity index (χ3n) is 4.74. The van der Waals surface area contributed by atoms with Crippen LogP contribution in [0.4, 0.5) is 0 Å². The molecule has 0 radical (unpaired) electrons. The van der Waals surface area contributed by atoms with Crippen LogP contribution >= 0.6 is 11.8 Å². The number of nitrogens with zero attached hydrogens (tertiary/aromatic N) is 4.